The SMILES string of the molecule is CCC(NC(=O)C1CCCNC1)c1cccs1.Cl. The van der Waals surface area contributed by atoms with Crippen LogP contribution in [0.2, 0.25) is 0 Å². The molecule has 0 spiro atoms. The molecule has 0 aliphatic carbocycles. The van der Waals surface area contributed by atoms with E-state index in [1.807, 2.05) is 6.07 Å². The van der Waals surface area contributed by atoms with E-state index in [0.717, 1.165) is 32.4 Å². The second-order valence-electron chi connectivity index (χ2n) is 4.53. The van der Waals surface area contributed by atoms with Gasteiger partial charge in [-0.1, -0.05) is 13.0 Å². The molecule has 3 nitrogen and oxygen atoms in total. The summed E-state index contributed by atoms with van der Waals surface area (Å²) < 4.78 is 0. The average Bonchev–Trinajstić information content (AvgIpc) is 2.90. The lowest BCUT2D eigenvalue weighted by molar-refractivity contribution is -0.126. The molecule has 2 heterocycles. The van der Waals surface area contributed by atoms with Gasteiger partial charge >= 0.3 is 0 Å². The summed E-state index contributed by atoms with van der Waals surface area (Å²) in [4.78, 5) is 13.4. The normalized spacial score (nSPS) is 20.8. The second-order valence-corrected chi connectivity index (χ2v) is 5.51. The molecule has 1 fully saturated rings. The van der Waals surface area contributed by atoms with Crippen molar-refractivity contribution in [2.75, 3.05) is 13.1 Å². The van der Waals surface area contributed by atoms with Crippen molar-refractivity contribution < 1.29 is 4.79 Å². The highest BCUT2D eigenvalue weighted by Crippen LogP contribution is 2.22. The van der Waals surface area contributed by atoms with Crippen LogP contribution < -0.4 is 10.6 Å². The van der Waals surface area contributed by atoms with Crippen molar-refractivity contribution in [3.63, 3.8) is 0 Å². The molecule has 5 heteroatoms. The third-order valence-electron chi connectivity index (χ3n) is 3.28. The van der Waals surface area contributed by atoms with Crippen molar-refractivity contribution in [1.82, 2.24) is 10.6 Å². The molecule has 18 heavy (non-hydrogen) atoms. The van der Waals surface area contributed by atoms with E-state index >= 15 is 0 Å². The highest BCUT2D eigenvalue weighted by Gasteiger charge is 2.23. The first kappa shape index (κ1) is 15.5. The lowest BCUT2D eigenvalue weighted by atomic mass is 9.98. The van der Waals surface area contributed by atoms with E-state index in [9.17, 15) is 4.79 Å². The van der Waals surface area contributed by atoms with Gasteiger partial charge in [0.1, 0.15) is 0 Å². The largest absolute Gasteiger partial charge is 0.348 e. The molecule has 1 saturated heterocycles. The highest BCUT2D eigenvalue weighted by molar-refractivity contribution is 7.10. The number of amides is 1. The number of rotatable bonds is 4. The molecule has 1 aliphatic rings. The Kier molecular flexibility index (Phi) is 6.68. The summed E-state index contributed by atoms with van der Waals surface area (Å²) in [6, 6.07) is 4.32. The zero-order valence-electron chi connectivity index (χ0n) is 10.6. The molecule has 1 aromatic heterocycles. The molecule has 0 saturated carbocycles. The fourth-order valence-electron chi connectivity index (χ4n) is 2.23. The Morgan fingerprint density at radius 2 is 2.50 bits per heavy atom. The van der Waals surface area contributed by atoms with Crippen LogP contribution in [0.25, 0.3) is 0 Å². The smallest absolute Gasteiger partial charge is 0.224 e. The van der Waals surface area contributed by atoms with Crippen molar-refractivity contribution in [3.05, 3.63) is 22.4 Å². The minimum absolute atomic E-state index is 0. The van der Waals surface area contributed by atoms with E-state index in [1.54, 1.807) is 11.3 Å². The lowest BCUT2D eigenvalue weighted by Crippen LogP contribution is -2.41. The van der Waals surface area contributed by atoms with Gasteiger partial charge < -0.3 is 10.6 Å². The van der Waals surface area contributed by atoms with Crippen LogP contribution in [0.1, 0.15) is 37.1 Å². The van der Waals surface area contributed by atoms with Crippen molar-refractivity contribution in [3.8, 4) is 0 Å². The van der Waals surface area contributed by atoms with Gasteiger partial charge in [0.2, 0.25) is 5.91 Å². The van der Waals surface area contributed by atoms with Crippen LogP contribution in [0.15, 0.2) is 17.5 Å². The Morgan fingerprint density at radius 1 is 1.67 bits per heavy atom. The highest BCUT2D eigenvalue weighted by atomic mass is 35.5. The molecule has 102 valence electrons. The van der Waals surface area contributed by atoms with E-state index in [1.165, 1.54) is 4.88 Å². The summed E-state index contributed by atoms with van der Waals surface area (Å²) in [6.07, 6.45) is 3.07. The van der Waals surface area contributed by atoms with Gasteiger partial charge in [-0.05, 0) is 37.3 Å². The molecule has 1 aromatic rings. The minimum Gasteiger partial charge on any atom is -0.348 e. The molecule has 2 atom stereocenters. The van der Waals surface area contributed by atoms with Crippen LogP contribution in [0, 0.1) is 5.92 Å². The Balaban J connectivity index is 0.00000162. The minimum atomic E-state index is 0. The quantitative estimate of drug-likeness (QED) is 0.894. The molecule has 0 bridgehead atoms. The molecule has 1 amide bonds. The standard InChI is InChI=1S/C13H20N2OS.ClH/c1-2-11(12-6-4-8-17-12)15-13(16)10-5-3-7-14-9-10;/h4,6,8,10-11,14H,2-3,5,7,9H2,1H3,(H,15,16);1H. The van der Waals surface area contributed by atoms with E-state index in [-0.39, 0.29) is 30.3 Å². The molecule has 0 aromatic carbocycles. The van der Waals surface area contributed by atoms with Gasteiger partial charge in [-0.25, -0.2) is 0 Å². The summed E-state index contributed by atoms with van der Waals surface area (Å²) in [5.74, 6) is 0.357. The van der Waals surface area contributed by atoms with Crippen LogP contribution >= 0.6 is 23.7 Å². The van der Waals surface area contributed by atoms with Crippen molar-refractivity contribution >= 4 is 29.7 Å². The molecule has 2 unspecified atom stereocenters. The van der Waals surface area contributed by atoms with Crippen LogP contribution in [0.4, 0.5) is 0 Å². The Bertz CT molecular complexity index is 350. The van der Waals surface area contributed by atoms with Gasteiger partial charge in [-0.15, -0.1) is 23.7 Å². The average molecular weight is 289 g/mol. The van der Waals surface area contributed by atoms with Gasteiger partial charge in [0.25, 0.3) is 0 Å². The van der Waals surface area contributed by atoms with Crippen LogP contribution in [-0.2, 0) is 4.79 Å². The molecular weight excluding hydrogens is 268 g/mol. The fraction of sp³-hybridized carbons (Fsp3) is 0.615. The van der Waals surface area contributed by atoms with Crippen molar-refractivity contribution in [2.24, 2.45) is 5.92 Å². The van der Waals surface area contributed by atoms with Gasteiger partial charge in [0.05, 0.1) is 12.0 Å². The number of thiophene rings is 1. The number of carbonyl (C=O) groups is 1. The summed E-state index contributed by atoms with van der Waals surface area (Å²) in [5.41, 5.74) is 0. The van der Waals surface area contributed by atoms with Crippen molar-refractivity contribution in [1.29, 1.82) is 0 Å². The van der Waals surface area contributed by atoms with E-state index in [4.69, 9.17) is 0 Å². The first-order valence-corrected chi connectivity index (χ1v) is 7.23. The van der Waals surface area contributed by atoms with Gasteiger partial charge in [-0.2, -0.15) is 0 Å². The van der Waals surface area contributed by atoms with E-state index in [0.29, 0.717) is 0 Å². The maximum atomic E-state index is 12.1. The van der Waals surface area contributed by atoms with Crippen LogP contribution in [0.5, 0.6) is 0 Å². The molecule has 1 aliphatic heterocycles. The van der Waals surface area contributed by atoms with Gasteiger partial charge in [0.15, 0.2) is 0 Å². The number of nitrogens with one attached hydrogen (secondary N) is 2. The predicted molar refractivity (Wildman–Crippen MR) is 78.3 cm³/mol. The Labute approximate surface area is 119 Å². The maximum Gasteiger partial charge on any atom is 0.224 e. The molecule has 2 N–H and O–H groups in total. The second kappa shape index (κ2) is 7.77. The number of hydrogen-bond acceptors (Lipinski definition) is 3. The monoisotopic (exact) mass is 288 g/mol. The van der Waals surface area contributed by atoms with Gasteiger partial charge in [-0.3, -0.25) is 4.79 Å². The predicted octanol–water partition coefficient (Wildman–Crippen LogP) is 2.74. The zero-order chi connectivity index (χ0) is 12.1. The summed E-state index contributed by atoms with van der Waals surface area (Å²) in [5, 5.41) is 8.52. The number of carbonyl (C=O) groups excluding carboxylic acids is 1. The molecular formula is C13H21ClN2OS. The van der Waals surface area contributed by atoms with Gasteiger partial charge in [0, 0.05) is 11.4 Å². The number of halogens is 1. The molecule has 0 radical (unpaired) electrons. The van der Waals surface area contributed by atoms with Crippen LogP contribution in [0.3, 0.4) is 0 Å². The topological polar surface area (TPSA) is 41.1 Å². The van der Waals surface area contributed by atoms with E-state index in [2.05, 4.69) is 29.0 Å². The van der Waals surface area contributed by atoms with Crippen LogP contribution in [-0.4, -0.2) is 19.0 Å². The summed E-state index contributed by atoms with van der Waals surface area (Å²) >= 11 is 1.71. The van der Waals surface area contributed by atoms with Crippen molar-refractivity contribution in [2.45, 2.75) is 32.2 Å². The fourth-order valence-corrected chi connectivity index (χ4v) is 3.09. The molecule has 2 rings (SSSR count). The zero-order valence-corrected chi connectivity index (χ0v) is 12.3. The van der Waals surface area contributed by atoms with E-state index < -0.39 is 0 Å². The third kappa shape index (κ3) is 3.97. The maximum absolute atomic E-state index is 12.1. The number of piperidine rings is 1. The Hall–Kier alpha value is -0.580. The lowest BCUT2D eigenvalue weighted by Gasteiger charge is -2.24. The number of hydrogen-bond donors (Lipinski definition) is 2. The first-order chi connectivity index (χ1) is 8.31. The summed E-state index contributed by atoms with van der Waals surface area (Å²) in [6.45, 7) is 3.99. The summed E-state index contributed by atoms with van der Waals surface area (Å²) in [7, 11) is 0. The third-order valence-corrected chi connectivity index (χ3v) is 4.27. The first-order valence-electron chi connectivity index (χ1n) is 6.35. The Morgan fingerprint density at radius 3 is 3.06 bits per heavy atom.